The molecule has 0 atom stereocenters. The molecule has 1 aromatic carbocycles. The number of aryl methyl sites for hydroxylation is 1. The Hall–Kier alpha value is -1.85. The summed E-state index contributed by atoms with van der Waals surface area (Å²) < 4.78 is 38.0. The van der Waals surface area contributed by atoms with Crippen molar-refractivity contribution >= 4 is 17.2 Å². The fourth-order valence-electron chi connectivity index (χ4n) is 1.06. The van der Waals surface area contributed by atoms with Crippen LogP contribution >= 0.6 is 0 Å². The van der Waals surface area contributed by atoms with Crippen LogP contribution in [0.2, 0.25) is 0 Å². The van der Waals surface area contributed by atoms with Crippen LogP contribution in [0.15, 0.2) is 34.4 Å². The summed E-state index contributed by atoms with van der Waals surface area (Å²) in [5.74, 6) is -1.13. The number of hydrogen-bond donors (Lipinski definition) is 1. The molecule has 0 spiro atoms. The van der Waals surface area contributed by atoms with E-state index in [9.17, 15) is 13.2 Å². The molecule has 1 N–H and O–H groups in total. The van der Waals surface area contributed by atoms with Crippen molar-refractivity contribution in [3.63, 3.8) is 0 Å². The minimum absolute atomic E-state index is 0.226. The summed E-state index contributed by atoms with van der Waals surface area (Å²) in [7, 11) is 0. The second kappa shape index (κ2) is 5.66. The highest BCUT2D eigenvalue weighted by Crippen LogP contribution is 2.20. The number of hydrazone groups is 1. The van der Waals surface area contributed by atoms with Gasteiger partial charge in [-0.15, -0.1) is 0 Å². The first-order valence-corrected chi connectivity index (χ1v) is 5.28. The SMILES string of the molecule is CC(C)=NNC(=Nc1ccc(C)cc1)C(F)(F)F. The summed E-state index contributed by atoms with van der Waals surface area (Å²) in [6.45, 7) is 5.03. The van der Waals surface area contributed by atoms with Crippen molar-refractivity contribution in [2.24, 2.45) is 10.1 Å². The standard InChI is InChI=1S/C12H14F3N3/c1-8(2)17-18-11(12(13,14)15)16-10-6-4-9(3)5-7-10/h4-7H,1-3H3,(H,16,18). The Bertz CT molecular complexity index is 454. The fourth-order valence-corrected chi connectivity index (χ4v) is 1.06. The molecule has 0 aliphatic rings. The first-order chi connectivity index (χ1) is 8.29. The normalized spacial score (nSPS) is 12.2. The molecule has 0 radical (unpaired) electrons. The van der Waals surface area contributed by atoms with Crippen LogP contribution in [0.1, 0.15) is 19.4 Å². The van der Waals surface area contributed by atoms with E-state index >= 15 is 0 Å². The predicted octanol–water partition coefficient (Wildman–Crippen LogP) is 3.57. The molecule has 0 heterocycles. The molecule has 3 nitrogen and oxygen atoms in total. The van der Waals surface area contributed by atoms with Crippen molar-refractivity contribution in [2.75, 3.05) is 0 Å². The molecule has 18 heavy (non-hydrogen) atoms. The number of alkyl halides is 3. The zero-order valence-electron chi connectivity index (χ0n) is 10.3. The van der Waals surface area contributed by atoms with E-state index in [0.29, 0.717) is 5.71 Å². The highest BCUT2D eigenvalue weighted by molar-refractivity contribution is 5.91. The van der Waals surface area contributed by atoms with Gasteiger partial charge in [0.15, 0.2) is 0 Å². The topological polar surface area (TPSA) is 36.8 Å². The third kappa shape index (κ3) is 4.57. The molecule has 0 aromatic heterocycles. The van der Waals surface area contributed by atoms with Crippen LogP contribution in [0.25, 0.3) is 0 Å². The second-order valence-electron chi connectivity index (χ2n) is 3.96. The van der Waals surface area contributed by atoms with Gasteiger partial charge in [0.05, 0.1) is 5.69 Å². The van der Waals surface area contributed by atoms with Crippen LogP contribution < -0.4 is 5.43 Å². The van der Waals surface area contributed by atoms with Crippen LogP contribution in [0.5, 0.6) is 0 Å². The minimum Gasteiger partial charge on any atom is -0.257 e. The van der Waals surface area contributed by atoms with Gasteiger partial charge in [0, 0.05) is 5.71 Å². The van der Waals surface area contributed by atoms with Crippen LogP contribution in [-0.4, -0.2) is 17.7 Å². The lowest BCUT2D eigenvalue weighted by Gasteiger charge is -2.09. The van der Waals surface area contributed by atoms with Crippen LogP contribution in [0, 0.1) is 6.92 Å². The summed E-state index contributed by atoms with van der Waals surface area (Å²) in [4.78, 5) is 3.52. The Kier molecular flexibility index (Phi) is 4.47. The molecule has 0 bridgehead atoms. The third-order valence-electron chi connectivity index (χ3n) is 1.93. The zero-order valence-corrected chi connectivity index (χ0v) is 10.3. The molecule has 0 saturated heterocycles. The van der Waals surface area contributed by atoms with E-state index in [1.165, 1.54) is 12.1 Å². The summed E-state index contributed by atoms with van der Waals surface area (Å²) in [5, 5.41) is 3.52. The molecule has 0 aliphatic carbocycles. The lowest BCUT2D eigenvalue weighted by molar-refractivity contribution is -0.0617. The van der Waals surface area contributed by atoms with Crippen molar-refractivity contribution in [3.05, 3.63) is 29.8 Å². The third-order valence-corrected chi connectivity index (χ3v) is 1.93. The summed E-state index contributed by atoms with van der Waals surface area (Å²) in [6, 6.07) is 6.43. The molecular weight excluding hydrogens is 243 g/mol. The summed E-state index contributed by atoms with van der Waals surface area (Å²) >= 11 is 0. The van der Waals surface area contributed by atoms with E-state index in [0.717, 1.165) is 5.56 Å². The van der Waals surface area contributed by atoms with Gasteiger partial charge in [0.2, 0.25) is 5.84 Å². The van der Waals surface area contributed by atoms with Crippen LogP contribution in [0.3, 0.4) is 0 Å². The summed E-state index contributed by atoms with van der Waals surface area (Å²) in [6.07, 6.45) is -4.57. The predicted molar refractivity (Wildman–Crippen MR) is 66.2 cm³/mol. The van der Waals surface area contributed by atoms with Crippen molar-refractivity contribution in [3.8, 4) is 0 Å². The Labute approximate surface area is 103 Å². The first kappa shape index (κ1) is 14.2. The minimum atomic E-state index is -4.57. The second-order valence-corrected chi connectivity index (χ2v) is 3.96. The van der Waals surface area contributed by atoms with Crippen LogP contribution in [-0.2, 0) is 0 Å². The highest BCUT2D eigenvalue weighted by Gasteiger charge is 2.36. The van der Waals surface area contributed by atoms with E-state index in [1.807, 2.05) is 12.3 Å². The van der Waals surface area contributed by atoms with Crippen molar-refractivity contribution < 1.29 is 13.2 Å². The lowest BCUT2D eigenvalue weighted by Crippen LogP contribution is -2.34. The van der Waals surface area contributed by atoms with Gasteiger partial charge in [-0.05, 0) is 32.9 Å². The Morgan fingerprint density at radius 1 is 1.11 bits per heavy atom. The van der Waals surface area contributed by atoms with Gasteiger partial charge >= 0.3 is 6.18 Å². The van der Waals surface area contributed by atoms with Crippen molar-refractivity contribution in [2.45, 2.75) is 26.9 Å². The molecule has 0 aliphatic heterocycles. The van der Waals surface area contributed by atoms with Gasteiger partial charge in [0.1, 0.15) is 0 Å². The fraction of sp³-hybridized carbons (Fsp3) is 0.333. The average molecular weight is 257 g/mol. The highest BCUT2D eigenvalue weighted by atomic mass is 19.4. The van der Waals surface area contributed by atoms with Gasteiger partial charge in [-0.2, -0.15) is 18.3 Å². The number of rotatable bonds is 2. The van der Waals surface area contributed by atoms with E-state index in [1.54, 1.807) is 26.0 Å². The number of hydrogen-bond acceptors (Lipinski definition) is 2. The van der Waals surface area contributed by atoms with E-state index in [-0.39, 0.29) is 5.69 Å². The van der Waals surface area contributed by atoms with Gasteiger partial charge in [-0.1, -0.05) is 17.7 Å². The number of nitrogens with one attached hydrogen (secondary N) is 1. The number of amidine groups is 1. The Morgan fingerprint density at radius 2 is 1.67 bits per heavy atom. The molecule has 1 rings (SSSR count). The number of nitrogens with zero attached hydrogens (tertiary/aromatic N) is 2. The van der Waals surface area contributed by atoms with Crippen molar-refractivity contribution in [1.82, 2.24) is 5.43 Å². The Morgan fingerprint density at radius 3 is 2.11 bits per heavy atom. The molecule has 98 valence electrons. The number of benzene rings is 1. The maximum Gasteiger partial charge on any atom is 0.451 e. The summed E-state index contributed by atoms with van der Waals surface area (Å²) in [5.41, 5.74) is 3.60. The number of halogens is 3. The molecule has 0 saturated carbocycles. The molecule has 6 heteroatoms. The van der Waals surface area contributed by atoms with E-state index in [4.69, 9.17) is 0 Å². The van der Waals surface area contributed by atoms with Gasteiger partial charge < -0.3 is 0 Å². The van der Waals surface area contributed by atoms with Gasteiger partial charge in [0.25, 0.3) is 0 Å². The van der Waals surface area contributed by atoms with Crippen molar-refractivity contribution in [1.29, 1.82) is 0 Å². The van der Waals surface area contributed by atoms with E-state index < -0.39 is 12.0 Å². The lowest BCUT2D eigenvalue weighted by atomic mass is 10.2. The van der Waals surface area contributed by atoms with Crippen LogP contribution in [0.4, 0.5) is 18.9 Å². The zero-order chi connectivity index (χ0) is 13.8. The largest absolute Gasteiger partial charge is 0.451 e. The monoisotopic (exact) mass is 257 g/mol. The molecular formula is C12H14F3N3. The molecule has 0 unspecified atom stereocenters. The van der Waals surface area contributed by atoms with Gasteiger partial charge in [-0.3, -0.25) is 5.43 Å². The Balaban J connectivity index is 3.02. The number of aliphatic imine (C=N–C) groups is 1. The van der Waals surface area contributed by atoms with E-state index in [2.05, 4.69) is 10.1 Å². The molecule has 0 fully saturated rings. The first-order valence-electron chi connectivity index (χ1n) is 5.28. The van der Waals surface area contributed by atoms with Gasteiger partial charge in [-0.25, -0.2) is 4.99 Å². The maximum absolute atomic E-state index is 12.7. The molecule has 1 aromatic rings. The smallest absolute Gasteiger partial charge is 0.257 e. The maximum atomic E-state index is 12.7. The molecule has 0 amide bonds. The average Bonchev–Trinajstić information content (AvgIpc) is 2.24. The quantitative estimate of drug-likeness (QED) is 0.491.